The number of ether oxygens (including phenoxy) is 1. The van der Waals surface area contributed by atoms with Gasteiger partial charge in [0, 0.05) is 0 Å². The molecule has 0 spiro atoms. The van der Waals surface area contributed by atoms with Crippen LogP contribution >= 0.6 is 0 Å². The Morgan fingerprint density at radius 2 is 1.94 bits per heavy atom. The van der Waals surface area contributed by atoms with Crippen LogP contribution in [-0.4, -0.2) is 32.5 Å². The third-order valence-corrected chi connectivity index (χ3v) is 4.33. The zero-order chi connectivity index (χ0) is 14.2. The largest absolute Gasteiger partial charge is 0.369 e. The first kappa shape index (κ1) is 15.9. The fourth-order valence-corrected chi connectivity index (χ4v) is 3.08. The van der Waals surface area contributed by atoms with Crippen LogP contribution in [0.3, 0.4) is 0 Å². The first-order chi connectivity index (χ1) is 7.94. The average Bonchev–Trinajstić information content (AvgIpc) is 2.13. The average molecular weight is 278 g/mol. The first-order valence-corrected chi connectivity index (χ1v) is 8.32. The summed E-state index contributed by atoms with van der Waals surface area (Å²) in [5.41, 5.74) is -0.467. The Morgan fingerprint density at radius 1 is 1.39 bits per heavy atom. The molecular weight excluding hydrogens is 252 g/mol. The Morgan fingerprint density at radius 3 is 2.39 bits per heavy atom. The molecule has 0 aromatic rings. The molecule has 0 saturated carbocycles. The summed E-state index contributed by atoms with van der Waals surface area (Å²) in [4.78, 5) is 0. The van der Waals surface area contributed by atoms with Crippen molar-refractivity contribution in [2.24, 2.45) is 5.41 Å². The predicted octanol–water partition coefficient (Wildman–Crippen LogP) is 2.73. The molecule has 0 unspecified atom stereocenters. The van der Waals surface area contributed by atoms with Gasteiger partial charge in [-0.15, -0.1) is 0 Å². The van der Waals surface area contributed by atoms with Gasteiger partial charge in [-0.05, 0) is 38.5 Å². The fraction of sp³-hybridized carbons (Fsp3) is 1.00. The number of rotatable bonds is 3. The molecule has 0 radical (unpaired) electrons. The molecule has 1 aliphatic rings. The summed E-state index contributed by atoms with van der Waals surface area (Å²) in [5.74, 6) is 0. The van der Waals surface area contributed by atoms with E-state index in [-0.39, 0.29) is 11.5 Å². The van der Waals surface area contributed by atoms with Crippen LogP contribution in [0.1, 0.15) is 53.9 Å². The second kappa shape index (κ2) is 5.10. The van der Waals surface area contributed by atoms with Crippen LogP contribution in [0.2, 0.25) is 0 Å². The molecule has 3 atom stereocenters. The van der Waals surface area contributed by atoms with Crippen molar-refractivity contribution >= 4 is 10.1 Å². The van der Waals surface area contributed by atoms with Crippen molar-refractivity contribution in [2.75, 3.05) is 6.26 Å². The van der Waals surface area contributed by atoms with Crippen molar-refractivity contribution in [1.29, 1.82) is 0 Å². The molecule has 0 aromatic carbocycles. The quantitative estimate of drug-likeness (QED) is 0.745. The molecule has 0 bridgehead atoms. The van der Waals surface area contributed by atoms with Gasteiger partial charge in [-0.3, -0.25) is 4.18 Å². The molecule has 1 aliphatic heterocycles. The zero-order valence-electron chi connectivity index (χ0n) is 12.3. The van der Waals surface area contributed by atoms with E-state index in [2.05, 4.69) is 20.8 Å². The van der Waals surface area contributed by atoms with Gasteiger partial charge in [-0.1, -0.05) is 20.8 Å². The summed E-state index contributed by atoms with van der Waals surface area (Å²) in [6.45, 7) is 10.1. The van der Waals surface area contributed by atoms with Crippen LogP contribution in [0, 0.1) is 5.41 Å². The van der Waals surface area contributed by atoms with E-state index in [4.69, 9.17) is 8.92 Å². The lowest BCUT2D eigenvalue weighted by Crippen LogP contribution is -2.50. The fourth-order valence-electron chi connectivity index (χ4n) is 2.35. The molecule has 5 heteroatoms. The summed E-state index contributed by atoms with van der Waals surface area (Å²) in [7, 11) is -3.44. The van der Waals surface area contributed by atoms with Crippen molar-refractivity contribution in [3.63, 3.8) is 0 Å². The van der Waals surface area contributed by atoms with Crippen molar-refractivity contribution in [3.05, 3.63) is 0 Å². The molecule has 4 nitrogen and oxygen atoms in total. The maximum Gasteiger partial charge on any atom is 0.264 e. The minimum absolute atomic E-state index is 0.0620. The van der Waals surface area contributed by atoms with E-state index < -0.39 is 21.8 Å². The standard InChI is InChI=1S/C13H26O4S/c1-10(17-18(6,14)15)13(5)9-7-8-11(16-13)12(2,3)4/h10-11H,7-9H2,1-6H3/t10-,11-,13-/m0/s1. The molecule has 18 heavy (non-hydrogen) atoms. The van der Waals surface area contributed by atoms with Crippen molar-refractivity contribution < 1.29 is 17.3 Å². The summed E-state index contributed by atoms with van der Waals surface area (Å²) >= 11 is 0. The maximum absolute atomic E-state index is 11.2. The second-order valence-corrected chi connectivity index (χ2v) is 8.22. The van der Waals surface area contributed by atoms with E-state index >= 15 is 0 Å². The molecule has 1 heterocycles. The SMILES string of the molecule is C[C@H](OS(C)(=O)=O)[C@]1(C)CCC[C@@H](C(C)(C)C)O1. The lowest BCUT2D eigenvalue weighted by Gasteiger charge is -2.46. The lowest BCUT2D eigenvalue weighted by molar-refractivity contribution is -0.187. The Kier molecular flexibility index (Phi) is 4.51. The highest BCUT2D eigenvalue weighted by Crippen LogP contribution is 2.39. The van der Waals surface area contributed by atoms with Crippen LogP contribution in [-0.2, 0) is 19.0 Å². The van der Waals surface area contributed by atoms with Gasteiger partial charge in [0.05, 0.1) is 18.0 Å². The Labute approximate surface area is 111 Å². The number of hydrogen-bond acceptors (Lipinski definition) is 4. The molecule has 0 amide bonds. The lowest BCUT2D eigenvalue weighted by atomic mass is 9.80. The van der Waals surface area contributed by atoms with Gasteiger partial charge in [-0.25, -0.2) is 0 Å². The molecule has 1 saturated heterocycles. The van der Waals surface area contributed by atoms with Crippen LogP contribution in [0.25, 0.3) is 0 Å². The highest BCUT2D eigenvalue weighted by Gasteiger charge is 2.43. The van der Waals surface area contributed by atoms with Crippen LogP contribution in [0.15, 0.2) is 0 Å². The molecular formula is C13H26O4S. The summed E-state index contributed by atoms with van der Waals surface area (Å²) < 4.78 is 33.7. The Hall–Kier alpha value is -0.130. The predicted molar refractivity (Wildman–Crippen MR) is 72.0 cm³/mol. The van der Waals surface area contributed by atoms with E-state index in [1.807, 2.05) is 6.92 Å². The van der Waals surface area contributed by atoms with Gasteiger partial charge in [0.2, 0.25) is 0 Å². The third-order valence-electron chi connectivity index (χ3n) is 3.70. The molecule has 1 rings (SSSR count). The van der Waals surface area contributed by atoms with E-state index in [0.717, 1.165) is 25.5 Å². The van der Waals surface area contributed by atoms with Gasteiger partial charge in [-0.2, -0.15) is 8.42 Å². The molecule has 0 aromatic heterocycles. The van der Waals surface area contributed by atoms with Crippen molar-refractivity contribution in [2.45, 2.75) is 71.7 Å². The van der Waals surface area contributed by atoms with Crippen LogP contribution in [0.5, 0.6) is 0 Å². The Bertz CT molecular complexity index is 382. The molecule has 0 N–H and O–H groups in total. The van der Waals surface area contributed by atoms with E-state index in [1.54, 1.807) is 6.92 Å². The first-order valence-electron chi connectivity index (χ1n) is 6.50. The van der Waals surface area contributed by atoms with Crippen molar-refractivity contribution in [3.8, 4) is 0 Å². The van der Waals surface area contributed by atoms with Crippen LogP contribution < -0.4 is 0 Å². The van der Waals surface area contributed by atoms with E-state index in [9.17, 15) is 8.42 Å². The minimum atomic E-state index is -3.44. The van der Waals surface area contributed by atoms with Gasteiger partial charge in [0.1, 0.15) is 6.10 Å². The highest BCUT2D eigenvalue weighted by atomic mass is 32.2. The monoisotopic (exact) mass is 278 g/mol. The zero-order valence-corrected chi connectivity index (χ0v) is 13.1. The van der Waals surface area contributed by atoms with Gasteiger partial charge >= 0.3 is 0 Å². The topological polar surface area (TPSA) is 52.6 Å². The highest BCUT2D eigenvalue weighted by molar-refractivity contribution is 7.86. The van der Waals surface area contributed by atoms with Crippen molar-refractivity contribution in [1.82, 2.24) is 0 Å². The smallest absolute Gasteiger partial charge is 0.264 e. The molecule has 0 aliphatic carbocycles. The maximum atomic E-state index is 11.2. The minimum Gasteiger partial charge on any atom is -0.369 e. The summed E-state index contributed by atoms with van der Waals surface area (Å²) in [6, 6.07) is 0. The van der Waals surface area contributed by atoms with Crippen LogP contribution in [0.4, 0.5) is 0 Å². The van der Waals surface area contributed by atoms with Gasteiger partial charge in [0.25, 0.3) is 10.1 Å². The summed E-state index contributed by atoms with van der Waals surface area (Å²) in [5, 5.41) is 0. The second-order valence-electron chi connectivity index (χ2n) is 6.62. The van der Waals surface area contributed by atoms with E-state index in [1.165, 1.54) is 0 Å². The van der Waals surface area contributed by atoms with Gasteiger partial charge in [0.15, 0.2) is 0 Å². The normalized spacial score (nSPS) is 32.2. The van der Waals surface area contributed by atoms with Gasteiger partial charge < -0.3 is 4.74 Å². The molecule has 1 fully saturated rings. The number of hydrogen-bond donors (Lipinski definition) is 0. The Balaban J connectivity index is 2.80. The summed E-state index contributed by atoms with van der Waals surface area (Å²) in [6.07, 6.45) is 3.65. The third kappa shape index (κ3) is 4.21. The van der Waals surface area contributed by atoms with E-state index in [0.29, 0.717) is 0 Å². The molecule has 108 valence electrons.